The standard InChI is InChI=1S/C14H14Cl2N2O/c15-9-4-3-8(13(16)17-9)14(19)18-12-10-6-1-2-7(5-6)11(10)12/h3-4,6-7,10-12H,1-2,5H2,(H,18,19). The van der Waals surface area contributed by atoms with Crippen molar-refractivity contribution < 1.29 is 4.79 Å². The smallest absolute Gasteiger partial charge is 0.254 e. The lowest BCUT2D eigenvalue weighted by Crippen LogP contribution is -2.30. The lowest BCUT2D eigenvalue weighted by atomic mass is 10.0. The Morgan fingerprint density at radius 2 is 1.89 bits per heavy atom. The van der Waals surface area contributed by atoms with Gasteiger partial charge >= 0.3 is 0 Å². The summed E-state index contributed by atoms with van der Waals surface area (Å²) >= 11 is 11.7. The van der Waals surface area contributed by atoms with Crippen molar-refractivity contribution in [2.75, 3.05) is 0 Å². The fourth-order valence-corrected chi connectivity index (χ4v) is 4.76. The maximum Gasteiger partial charge on any atom is 0.254 e. The Labute approximate surface area is 121 Å². The molecule has 0 aromatic carbocycles. The van der Waals surface area contributed by atoms with Crippen LogP contribution in [0.15, 0.2) is 12.1 Å². The van der Waals surface area contributed by atoms with Crippen LogP contribution in [0.4, 0.5) is 0 Å². The minimum Gasteiger partial charge on any atom is -0.349 e. The quantitative estimate of drug-likeness (QED) is 0.852. The van der Waals surface area contributed by atoms with Crippen LogP contribution in [-0.4, -0.2) is 16.9 Å². The zero-order chi connectivity index (χ0) is 13.1. The molecule has 0 spiro atoms. The van der Waals surface area contributed by atoms with Crippen LogP contribution in [0.25, 0.3) is 0 Å². The molecule has 4 atom stereocenters. The number of pyridine rings is 1. The number of amides is 1. The number of hydrogen-bond acceptors (Lipinski definition) is 2. The second kappa shape index (κ2) is 4.10. The first-order valence-corrected chi connectivity index (χ1v) is 7.53. The van der Waals surface area contributed by atoms with Crippen LogP contribution < -0.4 is 5.32 Å². The van der Waals surface area contributed by atoms with Gasteiger partial charge in [-0.2, -0.15) is 0 Å². The predicted octanol–water partition coefficient (Wildman–Crippen LogP) is 3.16. The van der Waals surface area contributed by atoms with E-state index in [1.54, 1.807) is 12.1 Å². The van der Waals surface area contributed by atoms with Crippen molar-refractivity contribution >= 4 is 29.1 Å². The van der Waals surface area contributed by atoms with Crippen molar-refractivity contribution in [2.45, 2.75) is 25.3 Å². The Kier molecular flexibility index (Phi) is 2.58. The zero-order valence-corrected chi connectivity index (χ0v) is 11.8. The summed E-state index contributed by atoms with van der Waals surface area (Å²) in [6.07, 6.45) is 4.08. The molecule has 2 bridgehead atoms. The first-order valence-electron chi connectivity index (χ1n) is 6.78. The molecule has 0 aliphatic heterocycles. The predicted molar refractivity (Wildman–Crippen MR) is 73.3 cm³/mol. The topological polar surface area (TPSA) is 42.0 Å². The lowest BCUT2D eigenvalue weighted by molar-refractivity contribution is 0.0944. The summed E-state index contributed by atoms with van der Waals surface area (Å²) in [7, 11) is 0. The Bertz CT molecular complexity index is 546. The minimum atomic E-state index is -0.118. The van der Waals surface area contributed by atoms with E-state index >= 15 is 0 Å². The molecule has 5 heteroatoms. The summed E-state index contributed by atoms with van der Waals surface area (Å²) in [5.41, 5.74) is 0.420. The van der Waals surface area contributed by atoms with E-state index in [2.05, 4.69) is 10.3 Å². The molecule has 1 aromatic rings. The molecule has 1 amide bonds. The summed E-state index contributed by atoms with van der Waals surface area (Å²) in [5, 5.41) is 3.61. The van der Waals surface area contributed by atoms with Gasteiger partial charge in [0.05, 0.1) is 5.56 Å². The van der Waals surface area contributed by atoms with E-state index in [-0.39, 0.29) is 11.1 Å². The normalized spacial score (nSPS) is 38.1. The summed E-state index contributed by atoms with van der Waals surface area (Å²) in [5.74, 6) is 3.02. The van der Waals surface area contributed by atoms with Crippen LogP contribution in [0, 0.1) is 23.7 Å². The van der Waals surface area contributed by atoms with Gasteiger partial charge in [-0.1, -0.05) is 23.2 Å². The van der Waals surface area contributed by atoms with E-state index in [1.807, 2.05) is 0 Å². The Hall–Kier alpha value is -0.800. The number of halogens is 2. The van der Waals surface area contributed by atoms with Crippen LogP contribution in [0.2, 0.25) is 10.3 Å². The number of hydrogen-bond donors (Lipinski definition) is 1. The fourth-order valence-electron chi connectivity index (χ4n) is 4.33. The van der Waals surface area contributed by atoms with Crippen LogP contribution >= 0.6 is 23.2 Å². The minimum absolute atomic E-state index is 0.118. The summed E-state index contributed by atoms with van der Waals surface area (Å²) in [6, 6.07) is 3.60. The van der Waals surface area contributed by atoms with E-state index in [9.17, 15) is 4.79 Å². The molecule has 3 aliphatic carbocycles. The van der Waals surface area contributed by atoms with Crippen molar-refractivity contribution in [3.63, 3.8) is 0 Å². The fraction of sp³-hybridized carbons (Fsp3) is 0.571. The molecule has 4 unspecified atom stereocenters. The highest BCUT2D eigenvalue weighted by Crippen LogP contribution is 2.65. The molecule has 3 saturated carbocycles. The third-order valence-electron chi connectivity index (χ3n) is 5.09. The molecule has 100 valence electrons. The molecule has 3 fully saturated rings. The highest BCUT2D eigenvalue weighted by atomic mass is 35.5. The van der Waals surface area contributed by atoms with Gasteiger partial charge in [0, 0.05) is 6.04 Å². The van der Waals surface area contributed by atoms with Gasteiger partial charge in [-0.15, -0.1) is 0 Å². The number of rotatable bonds is 2. The number of aromatic nitrogens is 1. The molecule has 1 aromatic heterocycles. The third-order valence-corrected chi connectivity index (χ3v) is 5.59. The van der Waals surface area contributed by atoms with Crippen LogP contribution in [0.1, 0.15) is 29.6 Å². The summed E-state index contributed by atoms with van der Waals surface area (Å²) in [4.78, 5) is 16.1. The van der Waals surface area contributed by atoms with Gasteiger partial charge in [-0.3, -0.25) is 4.79 Å². The van der Waals surface area contributed by atoms with Crippen LogP contribution in [0.5, 0.6) is 0 Å². The average molecular weight is 297 g/mol. The molecule has 1 heterocycles. The van der Waals surface area contributed by atoms with E-state index in [1.165, 1.54) is 19.3 Å². The monoisotopic (exact) mass is 296 g/mol. The number of nitrogens with one attached hydrogen (secondary N) is 1. The number of carbonyl (C=O) groups is 1. The average Bonchev–Trinajstić information content (AvgIpc) is 2.78. The maximum atomic E-state index is 12.2. The van der Waals surface area contributed by atoms with Crippen molar-refractivity contribution in [3.8, 4) is 0 Å². The van der Waals surface area contributed by atoms with Gasteiger partial charge < -0.3 is 5.32 Å². The zero-order valence-electron chi connectivity index (χ0n) is 10.3. The molecule has 3 nitrogen and oxygen atoms in total. The summed E-state index contributed by atoms with van der Waals surface area (Å²) in [6.45, 7) is 0. The lowest BCUT2D eigenvalue weighted by Gasteiger charge is -2.11. The summed E-state index contributed by atoms with van der Waals surface area (Å²) < 4.78 is 0. The van der Waals surface area contributed by atoms with Crippen molar-refractivity contribution in [3.05, 3.63) is 28.0 Å². The van der Waals surface area contributed by atoms with Crippen molar-refractivity contribution in [2.24, 2.45) is 23.7 Å². The van der Waals surface area contributed by atoms with Gasteiger partial charge in [0.1, 0.15) is 10.3 Å². The molecule has 1 N–H and O–H groups in total. The number of nitrogens with zero attached hydrogens (tertiary/aromatic N) is 1. The van der Waals surface area contributed by atoms with Gasteiger partial charge in [-0.25, -0.2) is 4.98 Å². The van der Waals surface area contributed by atoms with Crippen molar-refractivity contribution in [1.29, 1.82) is 0 Å². The highest BCUT2D eigenvalue weighted by Gasteiger charge is 2.65. The number of fused-ring (bicyclic) bond motifs is 5. The Balaban J connectivity index is 1.48. The van der Waals surface area contributed by atoms with E-state index < -0.39 is 0 Å². The largest absolute Gasteiger partial charge is 0.349 e. The highest BCUT2D eigenvalue weighted by molar-refractivity contribution is 6.34. The second-order valence-corrected chi connectivity index (χ2v) is 6.70. The molecule has 0 saturated heterocycles. The van der Waals surface area contributed by atoms with Crippen LogP contribution in [-0.2, 0) is 0 Å². The van der Waals surface area contributed by atoms with Crippen molar-refractivity contribution in [1.82, 2.24) is 10.3 Å². The Morgan fingerprint density at radius 3 is 2.53 bits per heavy atom. The first kappa shape index (κ1) is 12.0. The van der Waals surface area contributed by atoms with Gasteiger partial charge in [0.2, 0.25) is 0 Å². The molecule has 3 aliphatic rings. The van der Waals surface area contributed by atoms with Crippen LogP contribution in [0.3, 0.4) is 0 Å². The van der Waals surface area contributed by atoms with E-state index in [4.69, 9.17) is 23.2 Å². The first-order chi connectivity index (χ1) is 9.15. The van der Waals surface area contributed by atoms with E-state index in [0.29, 0.717) is 16.8 Å². The second-order valence-electron chi connectivity index (χ2n) is 5.96. The van der Waals surface area contributed by atoms with E-state index in [0.717, 1.165) is 23.7 Å². The molecular weight excluding hydrogens is 283 g/mol. The molecule has 4 rings (SSSR count). The Morgan fingerprint density at radius 1 is 1.21 bits per heavy atom. The third kappa shape index (κ3) is 1.78. The van der Waals surface area contributed by atoms with Gasteiger partial charge in [0.25, 0.3) is 5.91 Å². The van der Waals surface area contributed by atoms with Gasteiger partial charge in [0.15, 0.2) is 0 Å². The molecule has 19 heavy (non-hydrogen) atoms. The molecule has 0 radical (unpaired) electrons. The van der Waals surface area contributed by atoms with Gasteiger partial charge in [-0.05, 0) is 55.1 Å². The maximum absolute atomic E-state index is 12.2. The SMILES string of the molecule is O=C(NC1C2C3CCC(C3)C12)c1ccc(Cl)nc1Cl. The number of carbonyl (C=O) groups excluding carboxylic acids is 1. The molecular formula is C14H14Cl2N2O.